The maximum atomic E-state index is 14.4. The lowest BCUT2D eigenvalue weighted by atomic mass is 9.57. The number of β-amino-alcohol motifs (C(OH)–C–C–N with tert-alkyl or cyclic N) is 1. The first-order valence-electron chi connectivity index (χ1n) is 30.7. The quantitative estimate of drug-likeness (QED) is 0.0670. The summed E-state index contributed by atoms with van der Waals surface area (Å²) in [6, 6.07) is 22.9. The number of pyridine rings is 1. The zero-order valence-electron chi connectivity index (χ0n) is 48.8. The van der Waals surface area contributed by atoms with E-state index in [1.807, 2.05) is 87.9 Å². The minimum atomic E-state index is -0.797. The number of phenols is 1. The molecule has 444 valence electrons. The highest BCUT2D eigenvalue weighted by Gasteiger charge is 2.48. The van der Waals surface area contributed by atoms with Crippen LogP contribution in [0.1, 0.15) is 120 Å². The van der Waals surface area contributed by atoms with Gasteiger partial charge in [-0.2, -0.15) is 0 Å². The van der Waals surface area contributed by atoms with E-state index >= 15 is 0 Å². The predicted molar refractivity (Wildman–Crippen MR) is 323 cm³/mol. The van der Waals surface area contributed by atoms with Crippen molar-refractivity contribution in [3.05, 3.63) is 102 Å². The second kappa shape index (κ2) is 23.5. The van der Waals surface area contributed by atoms with Crippen molar-refractivity contribution in [2.45, 2.75) is 153 Å². The largest absolute Gasteiger partial charge is 0.507 e. The van der Waals surface area contributed by atoms with E-state index in [0.29, 0.717) is 52.3 Å². The van der Waals surface area contributed by atoms with Crippen molar-refractivity contribution >= 4 is 46.2 Å². The molecule has 7 fully saturated rings. The Bertz CT molecular complexity index is 3280. The highest BCUT2D eigenvalue weighted by molar-refractivity contribution is 7.13. The Morgan fingerprint density at radius 1 is 0.857 bits per heavy atom. The number of aliphatic hydroxyl groups excluding tert-OH is 1. The molecule has 84 heavy (non-hydrogen) atoms. The highest BCUT2D eigenvalue weighted by atomic mass is 32.1. The maximum absolute atomic E-state index is 14.4. The molecular formula is C64H80N12O7S. The van der Waals surface area contributed by atoms with Crippen LogP contribution in [-0.2, 0) is 14.3 Å². The van der Waals surface area contributed by atoms with Gasteiger partial charge < -0.3 is 59.8 Å². The molecule has 5 N–H and O–H groups in total. The molecular weight excluding hydrogens is 1080 g/mol. The molecule has 20 heteroatoms. The molecule has 6 aromatic rings. The molecule has 1 unspecified atom stereocenters. The Morgan fingerprint density at radius 3 is 2.32 bits per heavy atom. The number of aromatic hydroxyl groups is 1. The smallest absolute Gasteiger partial charge is 0.243 e. The SMILES string of the molecule is Cc1ncsc1-c1ccc([C@H](C)NC(=O)[C@@H]2C[C@@H](O)CN2C(=O)[C@H](c2cc(N3CCC4(CC3)CC(CN3CCC(OC5CC(Oc6cc(N7C8CC[C@@H]7CN(c7cc(-c9ccccc9O)nnc7N)C8)ccn6)C5)CC3)C4)no2)C(C)C)cc1. The van der Waals surface area contributed by atoms with E-state index < -0.39 is 18.1 Å². The molecule has 1 spiro atoms. The number of nitrogens with two attached hydrogens (primary N) is 1. The number of aryl methyl sites for hydroxylation is 1. The number of likely N-dealkylation sites (tertiary alicyclic amines) is 2. The summed E-state index contributed by atoms with van der Waals surface area (Å²) in [5.74, 6) is 1.95. The van der Waals surface area contributed by atoms with Crippen molar-refractivity contribution in [2.75, 3.05) is 72.8 Å². The highest BCUT2D eigenvalue weighted by Crippen LogP contribution is 2.53. The lowest BCUT2D eigenvalue weighted by Crippen LogP contribution is -2.54. The van der Waals surface area contributed by atoms with E-state index in [1.54, 1.807) is 28.4 Å². The van der Waals surface area contributed by atoms with Gasteiger partial charge in [-0.1, -0.05) is 55.4 Å². The molecule has 0 radical (unpaired) electrons. The van der Waals surface area contributed by atoms with Crippen molar-refractivity contribution in [1.29, 1.82) is 0 Å². The van der Waals surface area contributed by atoms with E-state index in [-0.39, 0.29) is 54.7 Å². The maximum Gasteiger partial charge on any atom is 0.243 e. The number of nitrogens with one attached hydrogen (secondary N) is 1. The average molecular weight is 1160 g/mol. The second-order valence-electron chi connectivity index (χ2n) is 25.6. The van der Waals surface area contributed by atoms with Crippen molar-refractivity contribution in [1.82, 2.24) is 40.4 Å². The van der Waals surface area contributed by atoms with Crippen LogP contribution in [-0.4, -0.2) is 152 Å². The minimum Gasteiger partial charge on any atom is -0.507 e. The minimum absolute atomic E-state index is 0.0912. The molecule has 5 saturated heterocycles. The molecule has 6 atom stereocenters. The third-order valence-electron chi connectivity index (χ3n) is 19.6. The summed E-state index contributed by atoms with van der Waals surface area (Å²) in [6.07, 6.45) is 12.7. The molecule has 9 heterocycles. The fourth-order valence-corrected chi connectivity index (χ4v) is 15.8. The van der Waals surface area contributed by atoms with Gasteiger partial charge in [0.2, 0.25) is 17.7 Å². The van der Waals surface area contributed by atoms with Crippen LogP contribution in [0.3, 0.4) is 0 Å². The van der Waals surface area contributed by atoms with Crippen molar-refractivity contribution in [3.8, 4) is 33.3 Å². The van der Waals surface area contributed by atoms with Crippen LogP contribution in [0, 0.1) is 24.2 Å². The van der Waals surface area contributed by atoms with Gasteiger partial charge in [-0.25, -0.2) is 9.97 Å². The summed E-state index contributed by atoms with van der Waals surface area (Å²) < 4.78 is 19.1. The number of piperidine rings is 2. The zero-order chi connectivity index (χ0) is 57.8. The molecule has 4 aromatic heterocycles. The van der Waals surface area contributed by atoms with Gasteiger partial charge in [-0.15, -0.1) is 21.5 Å². The first kappa shape index (κ1) is 56.3. The van der Waals surface area contributed by atoms with Crippen LogP contribution in [0.5, 0.6) is 11.6 Å². The standard InChI is InChI=1S/C64H80N12O7S/c1-38(2)59(63(80)75-36-47(77)26-54(75)62(79)68-39(3)42-9-11-43(12-10-42)60-40(4)67-37-84-60)56-30-57(71-83-56)73-23-18-64(19-24-73)31-41(32-64)33-72-21-16-48(17-22-72)81-49-27-50(28-49)82-58-25-44(15-20-66-58)76-45-13-14-46(76)35-74(34-45)53-29-52(69-70-61(53)65)51-7-5-6-8-55(51)78/h5-12,15,20,25,29-30,37-39,41,45-50,54,59,77-78H,13-14,16-19,21-24,26-28,31-36H2,1-4H3,(H2,65,70)(H,68,79)/t39-,45+,46?,47+,49?,50?,54-,59-/m0/s1. The zero-order valence-corrected chi connectivity index (χ0v) is 49.6. The number of carbonyl (C=O) groups excluding carboxylic acids is 2. The van der Waals surface area contributed by atoms with Crippen molar-refractivity contribution in [2.24, 2.45) is 17.3 Å². The number of carbonyl (C=O) groups is 2. The van der Waals surface area contributed by atoms with Gasteiger partial charge in [0.05, 0.1) is 51.8 Å². The summed E-state index contributed by atoms with van der Waals surface area (Å²) in [7, 11) is 0. The van der Waals surface area contributed by atoms with Gasteiger partial charge in [0.15, 0.2) is 17.4 Å². The van der Waals surface area contributed by atoms with Crippen LogP contribution in [0.15, 0.2) is 89.0 Å². The van der Waals surface area contributed by atoms with Gasteiger partial charge >= 0.3 is 0 Å². The molecule has 2 bridgehead atoms. The van der Waals surface area contributed by atoms with E-state index in [2.05, 4.69) is 62.4 Å². The van der Waals surface area contributed by atoms with E-state index in [4.69, 9.17) is 19.7 Å². The van der Waals surface area contributed by atoms with E-state index in [1.165, 1.54) is 12.8 Å². The average Bonchev–Trinajstić information content (AvgIpc) is 2.22. The topological polar surface area (TPSA) is 225 Å². The molecule has 2 amide bonds. The summed E-state index contributed by atoms with van der Waals surface area (Å²) >= 11 is 1.60. The number of aromatic nitrogens is 5. The number of aliphatic hydroxyl groups is 1. The second-order valence-corrected chi connectivity index (χ2v) is 26.5. The first-order chi connectivity index (χ1) is 40.7. The third-order valence-corrected chi connectivity index (χ3v) is 20.6. The monoisotopic (exact) mass is 1160 g/mol. The van der Waals surface area contributed by atoms with E-state index in [0.717, 1.165) is 142 Å². The molecule has 5 aliphatic heterocycles. The number of thiazole rings is 1. The predicted octanol–water partition coefficient (Wildman–Crippen LogP) is 8.77. The Kier molecular flexibility index (Phi) is 15.8. The number of hydrogen-bond acceptors (Lipinski definition) is 18. The summed E-state index contributed by atoms with van der Waals surface area (Å²) in [4.78, 5) is 49.8. The number of anilines is 4. The van der Waals surface area contributed by atoms with Crippen LogP contribution >= 0.6 is 11.3 Å². The van der Waals surface area contributed by atoms with Gasteiger partial charge in [-0.05, 0) is 118 Å². The number of nitrogen functional groups attached to an aromatic ring is 1. The van der Waals surface area contributed by atoms with Crippen molar-refractivity contribution < 1.29 is 33.8 Å². The molecule has 2 saturated carbocycles. The number of ether oxygens (including phenoxy) is 2. The number of phenolic OH excluding ortho intramolecular Hbond substituents is 1. The number of amides is 2. The van der Waals surface area contributed by atoms with Crippen LogP contribution in [0.25, 0.3) is 21.7 Å². The Balaban J connectivity index is 0.524. The Hall–Kier alpha value is -6.87. The number of nitrogens with zero attached hydrogens (tertiary/aromatic N) is 10. The van der Waals surface area contributed by atoms with Gasteiger partial charge in [0.1, 0.15) is 23.8 Å². The van der Waals surface area contributed by atoms with Gasteiger partial charge in [0, 0.05) is 113 Å². The van der Waals surface area contributed by atoms with Gasteiger partial charge in [-0.3, -0.25) is 9.59 Å². The van der Waals surface area contributed by atoms with E-state index in [9.17, 15) is 19.8 Å². The van der Waals surface area contributed by atoms with Crippen LogP contribution < -0.4 is 30.5 Å². The molecule has 2 aliphatic carbocycles. The first-order valence-corrected chi connectivity index (χ1v) is 31.5. The summed E-state index contributed by atoms with van der Waals surface area (Å²) in [6.45, 7) is 14.7. The fraction of sp³-hybridized carbons (Fsp3) is 0.547. The number of hydrogen-bond donors (Lipinski definition) is 4. The number of benzene rings is 2. The van der Waals surface area contributed by atoms with Crippen LogP contribution in [0.4, 0.5) is 23.0 Å². The number of fused-ring (bicyclic) bond motifs is 2. The summed E-state index contributed by atoms with van der Waals surface area (Å²) in [5.41, 5.74) is 14.9. The van der Waals surface area contributed by atoms with Crippen molar-refractivity contribution in [3.63, 3.8) is 0 Å². The number of para-hydroxylation sites is 1. The summed E-state index contributed by atoms with van der Waals surface area (Å²) in [5, 5.41) is 37.5. The Labute approximate surface area is 495 Å². The third kappa shape index (κ3) is 11.5. The number of piperazine rings is 1. The lowest BCUT2D eigenvalue weighted by Gasteiger charge is -2.53. The lowest BCUT2D eigenvalue weighted by molar-refractivity contribution is -0.141. The van der Waals surface area contributed by atoms with Crippen LogP contribution in [0.2, 0.25) is 0 Å². The fourth-order valence-electron chi connectivity index (χ4n) is 15.0. The van der Waals surface area contributed by atoms with Gasteiger partial charge in [0.25, 0.3) is 0 Å². The number of rotatable bonds is 17. The molecule has 13 rings (SSSR count). The molecule has 7 aliphatic rings. The normalized spacial score (nSPS) is 25.2. The Morgan fingerprint density at radius 2 is 1.61 bits per heavy atom. The molecule has 2 aromatic carbocycles. The molecule has 19 nitrogen and oxygen atoms in total.